The van der Waals surface area contributed by atoms with Gasteiger partial charge in [-0.25, -0.2) is 9.80 Å². The van der Waals surface area contributed by atoms with Crippen LogP contribution < -0.4 is 10.2 Å². The summed E-state index contributed by atoms with van der Waals surface area (Å²) >= 11 is 0. The van der Waals surface area contributed by atoms with E-state index in [1.54, 1.807) is 24.3 Å². The number of rotatable bonds is 5. The van der Waals surface area contributed by atoms with Crippen molar-refractivity contribution >= 4 is 46.1 Å². The summed E-state index contributed by atoms with van der Waals surface area (Å²) in [7, 11) is 0. The molecule has 5 amide bonds. The number of aromatic nitrogens is 1. The van der Waals surface area contributed by atoms with Gasteiger partial charge in [0.25, 0.3) is 11.8 Å². The lowest BCUT2D eigenvalue weighted by Crippen LogP contribution is -2.58. The van der Waals surface area contributed by atoms with Crippen molar-refractivity contribution in [1.82, 2.24) is 25.2 Å². The maximum absolute atomic E-state index is 14.1. The number of ketones is 1. The Kier molecular flexibility index (Phi) is 7.17. The second kappa shape index (κ2) is 11.4. The molecular formula is C38H35N7O5. The van der Waals surface area contributed by atoms with Gasteiger partial charge in [0.05, 0.1) is 34.9 Å². The Labute approximate surface area is 288 Å². The fourth-order valence-corrected chi connectivity index (χ4v) is 7.90. The summed E-state index contributed by atoms with van der Waals surface area (Å²) in [6.45, 7) is 10.0. The van der Waals surface area contributed by atoms with Gasteiger partial charge in [-0.05, 0) is 59.5 Å². The molecule has 0 saturated carbocycles. The van der Waals surface area contributed by atoms with Gasteiger partial charge in [0.1, 0.15) is 0 Å². The molecule has 3 aliphatic heterocycles. The normalized spacial score (nSPS) is 18.7. The van der Waals surface area contributed by atoms with E-state index < -0.39 is 29.2 Å². The Hall–Kier alpha value is -5.80. The number of urea groups is 1. The Balaban J connectivity index is 1.00. The topological polar surface area (TPSA) is 150 Å². The van der Waals surface area contributed by atoms with Crippen molar-refractivity contribution in [2.24, 2.45) is 0 Å². The zero-order valence-corrected chi connectivity index (χ0v) is 28.1. The van der Waals surface area contributed by atoms with Gasteiger partial charge in [-0.2, -0.15) is 10.3 Å². The Morgan fingerprint density at radius 1 is 0.860 bits per heavy atom. The monoisotopic (exact) mass is 669 g/mol. The fraction of sp³-hybridized carbons (Fsp3) is 0.316. The van der Waals surface area contributed by atoms with Gasteiger partial charge < -0.3 is 9.88 Å². The molecular weight excluding hydrogens is 634 g/mol. The summed E-state index contributed by atoms with van der Waals surface area (Å²) in [6, 6.07) is 16.3. The fourth-order valence-electron chi connectivity index (χ4n) is 7.90. The van der Waals surface area contributed by atoms with Gasteiger partial charge in [0.2, 0.25) is 5.91 Å². The number of aromatic amines is 1. The molecule has 2 saturated heterocycles. The third kappa shape index (κ3) is 4.72. The van der Waals surface area contributed by atoms with E-state index in [9.17, 15) is 29.2 Å². The number of carbonyl (C=O) groups is 5. The van der Waals surface area contributed by atoms with Crippen LogP contribution in [0, 0.1) is 11.3 Å². The minimum absolute atomic E-state index is 0.00305. The van der Waals surface area contributed by atoms with Crippen LogP contribution in [0.5, 0.6) is 0 Å². The molecule has 1 aromatic heterocycles. The highest BCUT2D eigenvalue weighted by atomic mass is 16.2. The third-order valence-electron chi connectivity index (χ3n) is 10.6. The lowest BCUT2D eigenvalue weighted by Gasteiger charge is -2.39. The van der Waals surface area contributed by atoms with Crippen LogP contribution in [-0.4, -0.2) is 82.2 Å². The zero-order valence-electron chi connectivity index (χ0n) is 28.1. The molecule has 0 unspecified atom stereocenters. The smallest absolute Gasteiger partial charge is 0.343 e. The molecule has 2 fully saturated rings. The molecule has 4 heterocycles. The third-order valence-corrected chi connectivity index (χ3v) is 10.6. The number of piperazine rings is 1. The number of imide groups is 2. The number of benzene rings is 3. The molecule has 50 heavy (non-hydrogen) atoms. The van der Waals surface area contributed by atoms with Crippen LogP contribution in [0.4, 0.5) is 10.5 Å². The van der Waals surface area contributed by atoms with E-state index in [-0.39, 0.29) is 29.9 Å². The van der Waals surface area contributed by atoms with E-state index in [2.05, 4.69) is 59.1 Å². The number of aryl methyl sites for hydroxylation is 1. The molecule has 12 heteroatoms. The highest BCUT2D eigenvalue weighted by molar-refractivity contribution is 6.22. The van der Waals surface area contributed by atoms with Crippen LogP contribution in [0.15, 0.2) is 48.5 Å². The highest BCUT2D eigenvalue weighted by Gasteiger charge is 2.44. The van der Waals surface area contributed by atoms with E-state index in [4.69, 9.17) is 0 Å². The largest absolute Gasteiger partial charge is 0.369 e. The van der Waals surface area contributed by atoms with Gasteiger partial charge >= 0.3 is 6.03 Å². The van der Waals surface area contributed by atoms with Gasteiger partial charge in [-0.3, -0.25) is 29.4 Å². The quantitative estimate of drug-likeness (QED) is 0.300. The van der Waals surface area contributed by atoms with Crippen LogP contribution in [0.3, 0.4) is 0 Å². The average molecular weight is 670 g/mol. The van der Waals surface area contributed by atoms with Gasteiger partial charge in [-0.1, -0.05) is 32.9 Å². The van der Waals surface area contributed by atoms with E-state index in [0.29, 0.717) is 17.7 Å². The molecule has 4 aromatic rings. The molecule has 0 radical (unpaired) electrons. The minimum atomic E-state index is -0.785. The molecule has 8 rings (SSSR count). The number of nitriles is 1. The molecule has 12 nitrogen and oxygen atoms in total. The first-order valence-electron chi connectivity index (χ1n) is 16.9. The summed E-state index contributed by atoms with van der Waals surface area (Å²) in [4.78, 5) is 72.6. The molecule has 1 aliphatic carbocycles. The first-order valence-corrected chi connectivity index (χ1v) is 16.9. The predicted octanol–water partition coefficient (Wildman–Crippen LogP) is 4.25. The molecule has 3 aromatic carbocycles. The van der Waals surface area contributed by atoms with Crippen molar-refractivity contribution < 1.29 is 24.0 Å². The van der Waals surface area contributed by atoms with E-state index in [0.717, 1.165) is 87.2 Å². The second-order valence-electron chi connectivity index (χ2n) is 13.9. The van der Waals surface area contributed by atoms with Crippen LogP contribution in [-0.2, 0) is 23.2 Å². The van der Waals surface area contributed by atoms with Crippen LogP contribution in [0.25, 0.3) is 10.9 Å². The first-order chi connectivity index (χ1) is 24.0. The molecule has 0 atom stereocenters. The van der Waals surface area contributed by atoms with Crippen molar-refractivity contribution in [2.75, 3.05) is 37.6 Å². The van der Waals surface area contributed by atoms with Gasteiger partial charge in [-0.15, -0.1) is 0 Å². The maximum atomic E-state index is 14.1. The number of hydrogen-bond acceptors (Lipinski definition) is 8. The van der Waals surface area contributed by atoms with Crippen molar-refractivity contribution in [2.45, 2.75) is 45.6 Å². The van der Waals surface area contributed by atoms with Gasteiger partial charge in [0.15, 0.2) is 5.78 Å². The number of hydrazine groups is 1. The van der Waals surface area contributed by atoms with Crippen LogP contribution >= 0.6 is 0 Å². The molecule has 2 N–H and O–H groups in total. The lowest BCUT2D eigenvalue weighted by molar-refractivity contribution is -0.122. The minimum Gasteiger partial charge on any atom is -0.369 e. The van der Waals surface area contributed by atoms with Crippen LogP contribution in [0.2, 0.25) is 0 Å². The second-order valence-corrected chi connectivity index (χ2v) is 13.9. The lowest BCUT2D eigenvalue weighted by atomic mass is 9.70. The van der Waals surface area contributed by atoms with Crippen molar-refractivity contribution in [1.29, 1.82) is 5.26 Å². The number of H-pyrrole nitrogens is 1. The highest BCUT2D eigenvalue weighted by Crippen LogP contribution is 2.46. The SMILES string of the molecule is CCc1cc2c(cc1N1CCN(Cc3ccc4c(c3)C(=O)N(N3CCC(=O)NC3=O)C4=O)CC1)C(C)(C)c1[nH]c3cc(C#N)ccc3c1C2=O. The number of anilines is 1. The van der Waals surface area contributed by atoms with E-state index in [1.165, 1.54) is 0 Å². The number of amides is 5. The molecule has 0 bridgehead atoms. The number of nitrogens with zero attached hydrogens (tertiary/aromatic N) is 5. The Morgan fingerprint density at radius 3 is 2.34 bits per heavy atom. The number of hydrogen-bond donors (Lipinski definition) is 2. The standard InChI is InChI=1S/C38H35N7O5/c1-4-23-17-27-28(38(2,3)34-32(33(27)47)25-8-5-21(19-39)16-29(25)40-34)18-30(23)43-13-11-42(12-14-43)20-22-6-7-24-26(15-22)36(49)45(35(24)48)44-10-9-31(46)41-37(44)50/h5-8,15-18,40H,4,9-14,20H2,1-3H3,(H,41,46,50). The Bertz CT molecular complexity index is 2240. The predicted molar refractivity (Wildman–Crippen MR) is 184 cm³/mol. The number of nitrogens with one attached hydrogen (secondary N) is 2. The molecule has 0 spiro atoms. The number of carbonyl (C=O) groups excluding carboxylic acids is 5. The average Bonchev–Trinajstić information content (AvgIpc) is 3.62. The summed E-state index contributed by atoms with van der Waals surface area (Å²) < 4.78 is 0. The van der Waals surface area contributed by atoms with Crippen molar-refractivity contribution in [3.05, 3.63) is 98.7 Å². The molecule has 252 valence electrons. The molecule has 4 aliphatic rings. The Morgan fingerprint density at radius 2 is 1.62 bits per heavy atom. The zero-order chi connectivity index (χ0) is 35.1. The summed E-state index contributed by atoms with van der Waals surface area (Å²) in [5, 5.41) is 14.3. The summed E-state index contributed by atoms with van der Waals surface area (Å²) in [6.07, 6.45) is 0.782. The first kappa shape index (κ1) is 31.5. The van der Waals surface area contributed by atoms with Crippen LogP contribution in [0.1, 0.15) is 91.8 Å². The van der Waals surface area contributed by atoms with Gasteiger partial charge in [0, 0.05) is 72.4 Å². The number of fused-ring (bicyclic) bond motifs is 5. The van der Waals surface area contributed by atoms with Crippen molar-refractivity contribution in [3.8, 4) is 6.07 Å². The van der Waals surface area contributed by atoms with E-state index >= 15 is 0 Å². The van der Waals surface area contributed by atoms with Crippen molar-refractivity contribution in [3.63, 3.8) is 0 Å². The summed E-state index contributed by atoms with van der Waals surface area (Å²) in [5.74, 6) is -1.59. The summed E-state index contributed by atoms with van der Waals surface area (Å²) in [5.41, 5.74) is 7.75. The maximum Gasteiger partial charge on any atom is 0.343 e. The van der Waals surface area contributed by atoms with E-state index in [1.807, 2.05) is 12.1 Å².